The van der Waals surface area contributed by atoms with Gasteiger partial charge in [0.1, 0.15) is 11.5 Å². The molecule has 5 nitrogen and oxygen atoms in total. The summed E-state index contributed by atoms with van der Waals surface area (Å²) < 4.78 is 37.9. The zero-order chi connectivity index (χ0) is 12.8. The fraction of sp³-hybridized carbons (Fsp3) is 0.444. The highest BCUT2D eigenvalue weighted by molar-refractivity contribution is 5.77. The molecule has 0 bridgehead atoms. The number of nitrogens with one attached hydrogen (secondary N) is 1. The normalized spacial score (nSPS) is 19.1. The van der Waals surface area contributed by atoms with Gasteiger partial charge in [-0.3, -0.25) is 9.59 Å². The number of H-pyrrole nitrogens is 1. The van der Waals surface area contributed by atoms with Crippen LogP contribution in [-0.4, -0.2) is 21.3 Å². The first-order chi connectivity index (χ1) is 7.82. The van der Waals surface area contributed by atoms with E-state index in [-0.39, 0.29) is 24.1 Å². The van der Waals surface area contributed by atoms with Crippen molar-refractivity contribution in [3.05, 3.63) is 27.2 Å². The molecule has 0 saturated heterocycles. The molecule has 1 aromatic heterocycles. The number of aromatic nitrogens is 2. The molecule has 1 aromatic rings. The number of carboxylic acids is 1. The third-order valence-electron chi connectivity index (χ3n) is 2.71. The van der Waals surface area contributed by atoms with E-state index in [4.69, 9.17) is 5.11 Å². The Morgan fingerprint density at radius 2 is 2.12 bits per heavy atom. The van der Waals surface area contributed by atoms with Crippen LogP contribution < -0.4 is 5.56 Å². The Balaban J connectivity index is 2.65. The maximum Gasteiger partial charge on any atom is 0.422 e. The van der Waals surface area contributed by atoms with Crippen LogP contribution in [0.5, 0.6) is 0 Å². The van der Waals surface area contributed by atoms with Gasteiger partial charge in [0.15, 0.2) is 0 Å². The number of halogens is 3. The first-order valence-corrected chi connectivity index (χ1v) is 4.74. The second kappa shape index (κ2) is 3.57. The van der Waals surface area contributed by atoms with Crippen LogP contribution in [0.3, 0.4) is 0 Å². The molecular weight excluding hydrogens is 241 g/mol. The number of carboxylic acid groups (broad SMARTS) is 1. The Bertz CT molecular complexity index is 535. The largest absolute Gasteiger partial charge is 0.481 e. The predicted molar refractivity (Wildman–Crippen MR) is 48.6 cm³/mol. The summed E-state index contributed by atoms with van der Waals surface area (Å²) in [6.45, 7) is 0. The van der Waals surface area contributed by atoms with Crippen LogP contribution in [-0.2, 0) is 17.4 Å². The molecule has 0 spiro atoms. The van der Waals surface area contributed by atoms with Crippen molar-refractivity contribution in [2.24, 2.45) is 0 Å². The minimum Gasteiger partial charge on any atom is -0.481 e. The van der Waals surface area contributed by atoms with Crippen molar-refractivity contribution in [2.75, 3.05) is 0 Å². The summed E-state index contributed by atoms with van der Waals surface area (Å²) in [5, 5.41) is 13.9. The molecule has 1 atom stereocenters. The lowest BCUT2D eigenvalue weighted by atomic mass is 10.1. The Morgan fingerprint density at radius 3 is 2.65 bits per heavy atom. The van der Waals surface area contributed by atoms with Gasteiger partial charge < -0.3 is 5.11 Å². The lowest BCUT2D eigenvalue weighted by molar-refractivity contribution is -0.140. The van der Waals surface area contributed by atoms with Crippen LogP contribution in [0, 0.1) is 0 Å². The average Bonchev–Trinajstić information content (AvgIpc) is 2.58. The fourth-order valence-corrected chi connectivity index (χ4v) is 2.01. The van der Waals surface area contributed by atoms with E-state index < -0.39 is 29.2 Å². The van der Waals surface area contributed by atoms with Crippen molar-refractivity contribution in [1.29, 1.82) is 0 Å². The van der Waals surface area contributed by atoms with Crippen LogP contribution in [0.2, 0.25) is 0 Å². The molecular formula is C9H7F3N2O3. The predicted octanol–water partition coefficient (Wildman–Crippen LogP) is 0.903. The zero-order valence-electron chi connectivity index (χ0n) is 8.34. The van der Waals surface area contributed by atoms with Gasteiger partial charge >= 0.3 is 12.1 Å². The summed E-state index contributed by atoms with van der Waals surface area (Å²) in [5.74, 6) is -2.32. The average molecular weight is 248 g/mol. The van der Waals surface area contributed by atoms with Crippen LogP contribution in [0.25, 0.3) is 0 Å². The third kappa shape index (κ3) is 1.79. The van der Waals surface area contributed by atoms with Gasteiger partial charge in [0, 0.05) is 0 Å². The number of rotatable bonds is 1. The Morgan fingerprint density at radius 1 is 1.47 bits per heavy atom. The topological polar surface area (TPSA) is 83.0 Å². The quantitative estimate of drug-likeness (QED) is 0.773. The minimum atomic E-state index is -4.80. The summed E-state index contributed by atoms with van der Waals surface area (Å²) in [4.78, 5) is 21.9. The monoisotopic (exact) mass is 248 g/mol. The second-order valence-corrected chi connectivity index (χ2v) is 3.72. The summed E-state index contributed by atoms with van der Waals surface area (Å²) in [7, 11) is 0. The lowest BCUT2D eigenvalue weighted by Crippen LogP contribution is -2.26. The molecule has 0 fully saturated rings. The van der Waals surface area contributed by atoms with Gasteiger partial charge in [-0.05, 0) is 18.4 Å². The van der Waals surface area contributed by atoms with Gasteiger partial charge in [-0.25, -0.2) is 5.10 Å². The Hall–Kier alpha value is -1.86. The van der Waals surface area contributed by atoms with Crippen molar-refractivity contribution in [3.63, 3.8) is 0 Å². The highest BCUT2D eigenvalue weighted by atomic mass is 19.4. The Labute approximate surface area is 92.3 Å². The molecule has 1 aliphatic rings. The zero-order valence-corrected chi connectivity index (χ0v) is 8.34. The van der Waals surface area contributed by atoms with Gasteiger partial charge in [-0.15, -0.1) is 0 Å². The molecule has 17 heavy (non-hydrogen) atoms. The molecule has 92 valence electrons. The van der Waals surface area contributed by atoms with Crippen molar-refractivity contribution >= 4 is 5.97 Å². The first kappa shape index (κ1) is 11.6. The van der Waals surface area contributed by atoms with Crippen LogP contribution in [0.15, 0.2) is 4.79 Å². The molecule has 0 radical (unpaired) electrons. The van der Waals surface area contributed by atoms with E-state index in [1.165, 1.54) is 0 Å². The SMILES string of the molecule is O=C(O)C1CCc2c1n[nH]c(=O)c2C(F)(F)F. The van der Waals surface area contributed by atoms with E-state index in [9.17, 15) is 22.8 Å². The molecule has 0 amide bonds. The summed E-state index contributed by atoms with van der Waals surface area (Å²) >= 11 is 0. The van der Waals surface area contributed by atoms with Gasteiger partial charge in [-0.2, -0.15) is 18.3 Å². The summed E-state index contributed by atoms with van der Waals surface area (Å²) in [6, 6.07) is 0. The number of fused-ring (bicyclic) bond motifs is 1. The Kier molecular flexibility index (Phi) is 2.44. The number of aromatic amines is 1. The number of nitrogens with zero attached hydrogens (tertiary/aromatic N) is 1. The van der Waals surface area contributed by atoms with Crippen LogP contribution in [0.1, 0.15) is 29.2 Å². The number of hydrogen-bond acceptors (Lipinski definition) is 3. The molecule has 1 heterocycles. The van der Waals surface area contributed by atoms with Gasteiger partial charge in [-0.1, -0.05) is 0 Å². The standard InChI is InChI=1S/C9H7F3N2O3/c10-9(11,12)5-3-1-2-4(8(16)17)6(3)13-14-7(5)15/h4H,1-2H2,(H,14,15)(H,16,17). The van der Waals surface area contributed by atoms with Crippen molar-refractivity contribution in [3.8, 4) is 0 Å². The molecule has 0 aliphatic heterocycles. The fourth-order valence-electron chi connectivity index (χ4n) is 2.01. The van der Waals surface area contributed by atoms with E-state index >= 15 is 0 Å². The molecule has 1 unspecified atom stereocenters. The lowest BCUT2D eigenvalue weighted by Gasteiger charge is -2.10. The smallest absolute Gasteiger partial charge is 0.422 e. The molecule has 2 rings (SSSR count). The summed E-state index contributed by atoms with van der Waals surface area (Å²) in [5.41, 5.74) is -3.15. The highest BCUT2D eigenvalue weighted by Gasteiger charge is 2.42. The molecule has 0 aromatic carbocycles. The van der Waals surface area contributed by atoms with Crippen LogP contribution >= 0.6 is 0 Å². The molecule has 2 N–H and O–H groups in total. The third-order valence-corrected chi connectivity index (χ3v) is 2.71. The molecule has 8 heteroatoms. The van der Waals surface area contributed by atoms with E-state index in [2.05, 4.69) is 5.10 Å². The van der Waals surface area contributed by atoms with E-state index in [1.807, 2.05) is 0 Å². The van der Waals surface area contributed by atoms with Gasteiger partial charge in [0.2, 0.25) is 0 Å². The van der Waals surface area contributed by atoms with Gasteiger partial charge in [0.25, 0.3) is 5.56 Å². The minimum absolute atomic E-state index is 0.0258. The number of aliphatic carboxylic acids is 1. The van der Waals surface area contributed by atoms with Crippen LogP contribution in [0.4, 0.5) is 13.2 Å². The maximum atomic E-state index is 12.6. The molecule has 0 saturated carbocycles. The van der Waals surface area contributed by atoms with Crippen molar-refractivity contribution in [1.82, 2.24) is 10.2 Å². The summed E-state index contributed by atoms with van der Waals surface area (Å²) in [6.07, 6.45) is -4.87. The van der Waals surface area contributed by atoms with Gasteiger partial charge in [0.05, 0.1) is 5.69 Å². The van der Waals surface area contributed by atoms with Crippen molar-refractivity contribution < 1.29 is 23.1 Å². The number of carbonyl (C=O) groups is 1. The van der Waals surface area contributed by atoms with E-state index in [0.717, 1.165) is 0 Å². The highest BCUT2D eigenvalue weighted by Crippen LogP contribution is 2.38. The first-order valence-electron chi connectivity index (χ1n) is 4.74. The van der Waals surface area contributed by atoms with E-state index in [0.29, 0.717) is 0 Å². The maximum absolute atomic E-state index is 12.6. The number of alkyl halides is 3. The number of hydrogen-bond donors (Lipinski definition) is 2. The van der Waals surface area contributed by atoms with Crippen molar-refractivity contribution in [2.45, 2.75) is 24.9 Å². The molecule has 1 aliphatic carbocycles. The second-order valence-electron chi connectivity index (χ2n) is 3.72. The van der Waals surface area contributed by atoms with E-state index in [1.54, 1.807) is 5.10 Å².